The van der Waals surface area contributed by atoms with Gasteiger partial charge in [0.05, 0.1) is 12.3 Å². The van der Waals surface area contributed by atoms with E-state index in [0.29, 0.717) is 18.4 Å². The van der Waals surface area contributed by atoms with E-state index in [0.717, 1.165) is 49.6 Å². The van der Waals surface area contributed by atoms with Gasteiger partial charge in [-0.15, -0.1) is 0 Å². The first kappa shape index (κ1) is 13.3. The van der Waals surface area contributed by atoms with Crippen molar-refractivity contribution in [2.45, 2.75) is 51.0 Å². The molecule has 2 unspecified atom stereocenters. The maximum absolute atomic E-state index is 5.76. The van der Waals surface area contributed by atoms with Crippen molar-refractivity contribution in [1.82, 2.24) is 20.3 Å². The molecule has 0 bridgehead atoms. The summed E-state index contributed by atoms with van der Waals surface area (Å²) in [5, 5.41) is 10.8. The molecule has 0 amide bonds. The second-order valence-corrected chi connectivity index (χ2v) is 5.33. The van der Waals surface area contributed by atoms with Gasteiger partial charge in [-0.3, -0.25) is 5.10 Å². The number of hydrogen-bond donors (Lipinski definition) is 1. The van der Waals surface area contributed by atoms with Gasteiger partial charge in [0.2, 0.25) is 5.89 Å². The number of rotatable bonds is 5. The van der Waals surface area contributed by atoms with Crippen LogP contribution < -0.4 is 0 Å². The Labute approximate surface area is 117 Å². The Balaban J connectivity index is 1.63. The molecule has 1 N–H and O–H groups in total. The molecular formula is C14H20N4O2. The van der Waals surface area contributed by atoms with Gasteiger partial charge in [0.15, 0.2) is 5.82 Å². The molecule has 0 aliphatic carbocycles. The zero-order valence-electron chi connectivity index (χ0n) is 11.7. The second kappa shape index (κ2) is 6.17. The summed E-state index contributed by atoms with van der Waals surface area (Å²) in [4.78, 5) is 4.53. The first-order valence-corrected chi connectivity index (χ1v) is 7.27. The number of aromatic nitrogens is 4. The van der Waals surface area contributed by atoms with Crippen molar-refractivity contribution in [3.63, 3.8) is 0 Å². The predicted molar refractivity (Wildman–Crippen MR) is 72.3 cm³/mol. The van der Waals surface area contributed by atoms with Crippen LogP contribution in [0.3, 0.4) is 0 Å². The molecule has 3 rings (SSSR count). The average molecular weight is 276 g/mol. The molecule has 1 aliphatic rings. The summed E-state index contributed by atoms with van der Waals surface area (Å²) in [6.45, 7) is 2.97. The van der Waals surface area contributed by atoms with E-state index < -0.39 is 0 Å². The summed E-state index contributed by atoms with van der Waals surface area (Å²) in [5.74, 6) is 1.82. The predicted octanol–water partition coefficient (Wildman–Crippen LogP) is 2.45. The molecule has 6 nitrogen and oxygen atoms in total. The molecule has 0 radical (unpaired) electrons. The van der Waals surface area contributed by atoms with E-state index in [9.17, 15) is 0 Å². The van der Waals surface area contributed by atoms with Crippen LogP contribution in [0.25, 0.3) is 0 Å². The highest BCUT2D eigenvalue weighted by Gasteiger charge is 2.27. The van der Waals surface area contributed by atoms with Crippen LogP contribution >= 0.6 is 0 Å². The first-order chi connectivity index (χ1) is 9.85. The Hall–Kier alpha value is -1.69. The van der Waals surface area contributed by atoms with Gasteiger partial charge in [0, 0.05) is 25.1 Å². The third-order valence-corrected chi connectivity index (χ3v) is 3.73. The molecule has 108 valence electrons. The van der Waals surface area contributed by atoms with Crippen LogP contribution in [0, 0.1) is 0 Å². The van der Waals surface area contributed by atoms with Crippen LogP contribution in [0.4, 0.5) is 0 Å². The lowest BCUT2D eigenvalue weighted by molar-refractivity contribution is -0.00302. The van der Waals surface area contributed by atoms with E-state index in [4.69, 9.17) is 9.26 Å². The van der Waals surface area contributed by atoms with Gasteiger partial charge in [-0.2, -0.15) is 10.1 Å². The van der Waals surface area contributed by atoms with Crippen molar-refractivity contribution in [3.05, 3.63) is 29.7 Å². The fourth-order valence-electron chi connectivity index (χ4n) is 2.69. The van der Waals surface area contributed by atoms with Crippen molar-refractivity contribution in [3.8, 4) is 0 Å². The minimum absolute atomic E-state index is 0.336. The standard InChI is InChI=1S/C14H20N4O2/c1-2-3-12-7-11(4-5-19-12)14-17-13(18-20-14)6-10-8-15-16-9-10/h8-9,11-12H,2-7H2,1H3,(H,15,16). The van der Waals surface area contributed by atoms with E-state index in [1.807, 2.05) is 6.20 Å². The smallest absolute Gasteiger partial charge is 0.229 e. The maximum Gasteiger partial charge on any atom is 0.229 e. The molecular weight excluding hydrogens is 256 g/mol. The van der Waals surface area contributed by atoms with Crippen LogP contribution in [0.15, 0.2) is 16.9 Å². The number of ether oxygens (including phenoxy) is 1. The molecule has 1 aliphatic heterocycles. The highest BCUT2D eigenvalue weighted by Crippen LogP contribution is 2.30. The number of H-pyrrole nitrogens is 1. The molecule has 2 aromatic rings. The van der Waals surface area contributed by atoms with Gasteiger partial charge < -0.3 is 9.26 Å². The quantitative estimate of drug-likeness (QED) is 0.907. The second-order valence-electron chi connectivity index (χ2n) is 5.33. The Morgan fingerprint density at radius 2 is 2.40 bits per heavy atom. The molecule has 3 heterocycles. The van der Waals surface area contributed by atoms with Gasteiger partial charge in [-0.25, -0.2) is 0 Å². The normalized spacial score (nSPS) is 23.1. The Kier molecular flexibility index (Phi) is 4.11. The number of nitrogens with zero attached hydrogens (tertiary/aromatic N) is 3. The summed E-state index contributed by atoms with van der Waals surface area (Å²) in [5.41, 5.74) is 1.06. The monoisotopic (exact) mass is 276 g/mol. The van der Waals surface area contributed by atoms with Crippen LogP contribution in [0.5, 0.6) is 0 Å². The molecule has 2 aromatic heterocycles. The Bertz CT molecular complexity index is 521. The minimum Gasteiger partial charge on any atom is -0.378 e. The summed E-state index contributed by atoms with van der Waals surface area (Å²) in [7, 11) is 0. The van der Waals surface area contributed by atoms with Gasteiger partial charge in [0.25, 0.3) is 0 Å². The largest absolute Gasteiger partial charge is 0.378 e. The molecule has 1 saturated heterocycles. The highest BCUT2D eigenvalue weighted by atomic mass is 16.5. The SMILES string of the molecule is CCCC1CC(c2nc(Cc3cn[nH]c3)no2)CCO1. The van der Waals surface area contributed by atoms with Crippen molar-refractivity contribution in [2.24, 2.45) is 0 Å². The number of aromatic amines is 1. The first-order valence-electron chi connectivity index (χ1n) is 7.27. The lowest BCUT2D eigenvalue weighted by Gasteiger charge is -2.27. The fourth-order valence-corrected chi connectivity index (χ4v) is 2.69. The van der Waals surface area contributed by atoms with Crippen molar-refractivity contribution >= 4 is 0 Å². The van der Waals surface area contributed by atoms with Crippen LogP contribution in [-0.2, 0) is 11.2 Å². The van der Waals surface area contributed by atoms with E-state index in [1.165, 1.54) is 0 Å². The Morgan fingerprint density at radius 3 is 3.20 bits per heavy atom. The number of hydrogen-bond acceptors (Lipinski definition) is 5. The number of nitrogens with one attached hydrogen (secondary N) is 1. The molecule has 2 atom stereocenters. The molecule has 0 saturated carbocycles. The van der Waals surface area contributed by atoms with Crippen molar-refractivity contribution < 1.29 is 9.26 Å². The van der Waals surface area contributed by atoms with Gasteiger partial charge >= 0.3 is 0 Å². The van der Waals surface area contributed by atoms with Gasteiger partial charge in [-0.1, -0.05) is 18.5 Å². The molecule has 20 heavy (non-hydrogen) atoms. The van der Waals surface area contributed by atoms with Gasteiger partial charge in [-0.05, 0) is 24.8 Å². The lowest BCUT2D eigenvalue weighted by Crippen LogP contribution is -2.24. The summed E-state index contributed by atoms with van der Waals surface area (Å²) in [6, 6.07) is 0. The highest BCUT2D eigenvalue weighted by molar-refractivity contribution is 5.10. The van der Waals surface area contributed by atoms with Crippen LogP contribution in [0.2, 0.25) is 0 Å². The van der Waals surface area contributed by atoms with E-state index in [1.54, 1.807) is 6.20 Å². The lowest BCUT2D eigenvalue weighted by atomic mass is 9.93. The van der Waals surface area contributed by atoms with Crippen LogP contribution in [0.1, 0.15) is 55.8 Å². The molecule has 0 aromatic carbocycles. The van der Waals surface area contributed by atoms with Gasteiger partial charge in [0.1, 0.15) is 0 Å². The van der Waals surface area contributed by atoms with E-state index >= 15 is 0 Å². The summed E-state index contributed by atoms with van der Waals surface area (Å²) in [6.07, 6.45) is 8.82. The maximum atomic E-state index is 5.76. The third kappa shape index (κ3) is 3.07. The van der Waals surface area contributed by atoms with Crippen LogP contribution in [-0.4, -0.2) is 33.0 Å². The van der Waals surface area contributed by atoms with Crippen molar-refractivity contribution in [1.29, 1.82) is 0 Å². The minimum atomic E-state index is 0.336. The zero-order valence-corrected chi connectivity index (χ0v) is 11.7. The fraction of sp³-hybridized carbons (Fsp3) is 0.643. The zero-order chi connectivity index (χ0) is 13.8. The van der Waals surface area contributed by atoms with E-state index in [2.05, 4.69) is 27.3 Å². The Morgan fingerprint density at radius 1 is 1.45 bits per heavy atom. The summed E-state index contributed by atoms with van der Waals surface area (Å²) < 4.78 is 11.2. The third-order valence-electron chi connectivity index (χ3n) is 3.73. The molecule has 1 fully saturated rings. The molecule has 6 heteroatoms. The summed E-state index contributed by atoms with van der Waals surface area (Å²) >= 11 is 0. The average Bonchev–Trinajstić information content (AvgIpc) is 3.12. The molecule has 0 spiro atoms. The topological polar surface area (TPSA) is 76.8 Å². The van der Waals surface area contributed by atoms with E-state index in [-0.39, 0.29) is 0 Å². The van der Waals surface area contributed by atoms with Crippen molar-refractivity contribution in [2.75, 3.05) is 6.61 Å².